The summed E-state index contributed by atoms with van der Waals surface area (Å²) in [4.78, 5) is 4.42. The quantitative estimate of drug-likeness (QED) is 0.702. The predicted octanol–water partition coefficient (Wildman–Crippen LogP) is 0.587. The van der Waals surface area contributed by atoms with Gasteiger partial charge in [-0.15, -0.1) is 12.4 Å². The van der Waals surface area contributed by atoms with Gasteiger partial charge in [-0.2, -0.15) is 0 Å². The molecule has 1 heterocycles. The highest BCUT2D eigenvalue weighted by atomic mass is 35.5. The second kappa shape index (κ2) is 3.48. The van der Waals surface area contributed by atoms with Crippen molar-refractivity contribution < 1.29 is 0 Å². The van der Waals surface area contributed by atoms with Crippen LogP contribution in [0.15, 0.2) is 29.3 Å². The second-order valence-electron chi connectivity index (χ2n) is 3.16. The predicted molar refractivity (Wildman–Crippen MR) is 56.1 cm³/mol. The summed E-state index contributed by atoms with van der Waals surface area (Å²) in [6, 6.07) is 8.03. The molecule has 0 spiro atoms. The van der Waals surface area contributed by atoms with Gasteiger partial charge < -0.3 is 5.73 Å². The minimum atomic E-state index is -0.455. The molecule has 1 aliphatic heterocycles. The van der Waals surface area contributed by atoms with E-state index in [0.29, 0.717) is 0 Å². The van der Waals surface area contributed by atoms with Crippen molar-refractivity contribution in [1.82, 2.24) is 0 Å². The number of fused-ring (bicyclic) bond motifs is 1. The number of rotatable bonds is 1. The maximum atomic E-state index is 5.99. The molecule has 1 atom stereocenters. The molecule has 0 saturated carbocycles. The van der Waals surface area contributed by atoms with Crippen LogP contribution in [0, 0.1) is 0 Å². The first-order chi connectivity index (χ1) is 5.73. The van der Waals surface area contributed by atoms with Gasteiger partial charge in [0.1, 0.15) is 5.66 Å². The minimum Gasteiger partial charge on any atom is -0.304 e. The topological polar surface area (TPSA) is 38.4 Å². The lowest BCUT2D eigenvalue weighted by Crippen LogP contribution is -2.32. The monoisotopic (exact) mass is 196 g/mol. The highest BCUT2D eigenvalue weighted by Crippen LogP contribution is 2.10. The Morgan fingerprint density at radius 3 is 2.69 bits per heavy atom. The van der Waals surface area contributed by atoms with Crippen LogP contribution in [0.25, 0.3) is 6.08 Å². The SMILES string of the molecule is CCC1(N)C=c2ccccc2=N1.Cl. The first-order valence-corrected chi connectivity index (χ1v) is 4.20. The Kier molecular flexibility index (Phi) is 2.74. The highest BCUT2D eigenvalue weighted by molar-refractivity contribution is 5.85. The van der Waals surface area contributed by atoms with Crippen molar-refractivity contribution in [3.63, 3.8) is 0 Å². The van der Waals surface area contributed by atoms with Crippen molar-refractivity contribution in [2.45, 2.75) is 19.0 Å². The van der Waals surface area contributed by atoms with Crippen LogP contribution >= 0.6 is 12.4 Å². The van der Waals surface area contributed by atoms with Gasteiger partial charge in [0.2, 0.25) is 0 Å². The van der Waals surface area contributed by atoms with Gasteiger partial charge in [-0.05, 0) is 23.8 Å². The van der Waals surface area contributed by atoms with E-state index in [9.17, 15) is 0 Å². The summed E-state index contributed by atoms with van der Waals surface area (Å²) in [5, 5.41) is 2.17. The molecule has 0 amide bonds. The molecule has 0 saturated heterocycles. The van der Waals surface area contributed by atoms with Gasteiger partial charge in [-0.25, -0.2) is 0 Å². The fourth-order valence-electron chi connectivity index (χ4n) is 1.42. The van der Waals surface area contributed by atoms with Crippen molar-refractivity contribution in [3.8, 4) is 0 Å². The smallest absolute Gasteiger partial charge is 0.128 e. The lowest BCUT2D eigenvalue weighted by Gasteiger charge is -2.14. The van der Waals surface area contributed by atoms with Gasteiger partial charge in [0.15, 0.2) is 0 Å². The zero-order chi connectivity index (χ0) is 8.60. The molecule has 0 radical (unpaired) electrons. The lowest BCUT2D eigenvalue weighted by atomic mass is 10.1. The third-order valence-corrected chi connectivity index (χ3v) is 2.24. The summed E-state index contributed by atoms with van der Waals surface area (Å²) in [7, 11) is 0. The molecule has 2 nitrogen and oxygen atoms in total. The van der Waals surface area contributed by atoms with Crippen LogP contribution in [-0.2, 0) is 0 Å². The van der Waals surface area contributed by atoms with E-state index < -0.39 is 5.66 Å². The molecule has 0 fully saturated rings. The molecule has 3 heteroatoms. The molecule has 2 rings (SSSR count). The van der Waals surface area contributed by atoms with E-state index in [-0.39, 0.29) is 12.4 Å². The summed E-state index contributed by atoms with van der Waals surface area (Å²) in [5.74, 6) is 0. The van der Waals surface area contributed by atoms with E-state index in [0.717, 1.165) is 17.0 Å². The van der Waals surface area contributed by atoms with Crippen LogP contribution in [0.4, 0.5) is 0 Å². The van der Waals surface area contributed by atoms with Crippen LogP contribution in [0.2, 0.25) is 0 Å². The largest absolute Gasteiger partial charge is 0.304 e. The summed E-state index contributed by atoms with van der Waals surface area (Å²) in [5.41, 5.74) is 5.53. The van der Waals surface area contributed by atoms with Gasteiger partial charge in [0.05, 0.1) is 5.36 Å². The van der Waals surface area contributed by atoms with Gasteiger partial charge >= 0.3 is 0 Å². The van der Waals surface area contributed by atoms with Gasteiger partial charge in [-0.1, -0.05) is 25.1 Å². The Morgan fingerprint density at radius 1 is 1.38 bits per heavy atom. The standard InChI is InChI=1S/C10H12N2.ClH/c1-2-10(11)7-8-5-3-4-6-9(8)12-10;/h3-7H,2,11H2,1H3;1H. The molecule has 2 N–H and O–H groups in total. The van der Waals surface area contributed by atoms with Crippen LogP contribution < -0.4 is 16.3 Å². The fourth-order valence-corrected chi connectivity index (χ4v) is 1.42. The third kappa shape index (κ3) is 1.74. The van der Waals surface area contributed by atoms with E-state index in [4.69, 9.17) is 5.73 Å². The fraction of sp³-hybridized carbons (Fsp3) is 0.300. The maximum Gasteiger partial charge on any atom is 0.128 e. The Hall–Kier alpha value is -0.860. The van der Waals surface area contributed by atoms with Crippen molar-refractivity contribution in [2.24, 2.45) is 10.7 Å². The van der Waals surface area contributed by atoms with Crippen molar-refractivity contribution in [2.75, 3.05) is 0 Å². The molecule has 1 unspecified atom stereocenters. The zero-order valence-corrected chi connectivity index (χ0v) is 8.34. The van der Waals surface area contributed by atoms with E-state index in [2.05, 4.69) is 4.99 Å². The number of nitrogens with zero attached hydrogens (tertiary/aromatic N) is 1. The Bertz CT molecular complexity index is 376. The Labute approximate surface area is 83.6 Å². The number of benzene rings is 1. The average molecular weight is 197 g/mol. The Balaban J connectivity index is 0.000000845. The number of hydrogen-bond donors (Lipinski definition) is 1. The van der Waals surface area contributed by atoms with Crippen molar-refractivity contribution in [3.05, 3.63) is 34.8 Å². The molecule has 70 valence electrons. The average Bonchev–Trinajstić information content (AvgIpc) is 2.42. The number of hydrogen-bond acceptors (Lipinski definition) is 2. The van der Waals surface area contributed by atoms with Gasteiger partial charge in [-0.3, -0.25) is 4.99 Å². The molecule has 13 heavy (non-hydrogen) atoms. The summed E-state index contributed by atoms with van der Waals surface area (Å²) < 4.78 is 0. The second-order valence-corrected chi connectivity index (χ2v) is 3.16. The molecule has 1 aromatic rings. The van der Waals surface area contributed by atoms with Crippen LogP contribution in [0.5, 0.6) is 0 Å². The lowest BCUT2D eigenvalue weighted by molar-refractivity contribution is 0.565. The summed E-state index contributed by atoms with van der Waals surface area (Å²) in [6.45, 7) is 2.05. The van der Waals surface area contributed by atoms with E-state index in [1.807, 2.05) is 37.3 Å². The zero-order valence-electron chi connectivity index (χ0n) is 7.53. The van der Waals surface area contributed by atoms with Crippen LogP contribution in [0.1, 0.15) is 13.3 Å². The van der Waals surface area contributed by atoms with Gasteiger partial charge in [0.25, 0.3) is 0 Å². The number of halogens is 1. The van der Waals surface area contributed by atoms with Crippen LogP contribution in [0.3, 0.4) is 0 Å². The van der Waals surface area contributed by atoms with Gasteiger partial charge in [0, 0.05) is 0 Å². The normalized spacial score (nSPS) is 23.8. The highest BCUT2D eigenvalue weighted by Gasteiger charge is 2.20. The number of para-hydroxylation sites is 1. The Morgan fingerprint density at radius 2 is 2.08 bits per heavy atom. The van der Waals surface area contributed by atoms with E-state index in [1.165, 1.54) is 0 Å². The van der Waals surface area contributed by atoms with E-state index in [1.54, 1.807) is 0 Å². The molecule has 0 aromatic heterocycles. The first kappa shape index (κ1) is 10.2. The summed E-state index contributed by atoms with van der Waals surface area (Å²) in [6.07, 6.45) is 2.88. The number of nitrogens with two attached hydrogens (primary N) is 1. The summed E-state index contributed by atoms with van der Waals surface area (Å²) >= 11 is 0. The van der Waals surface area contributed by atoms with Crippen LogP contribution in [-0.4, -0.2) is 5.66 Å². The van der Waals surface area contributed by atoms with Crippen molar-refractivity contribution in [1.29, 1.82) is 0 Å². The maximum absolute atomic E-state index is 5.99. The third-order valence-electron chi connectivity index (χ3n) is 2.24. The minimum absolute atomic E-state index is 0. The first-order valence-electron chi connectivity index (χ1n) is 4.20. The molecular weight excluding hydrogens is 184 g/mol. The molecule has 0 bridgehead atoms. The molecule has 1 aromatic carbocycles. The van der Waals surface area contributed by atoms with E-state index >= 15 is 0 Å². The molecule has 0 aliphatic carbocycles. The molecular formula is C10H13ClN2. The van der Waals surface area contributed by atoms with Crippen molar-refractivity contribution >= 4 is 18.5 Å². The molecule has 1 aliphatic rings.